The molecule has 1 aromatic rings. The lowest BCUT2D eigenvalue weighted by molar-refractivity contribution is -0.158. The van der Waals surface area contributed by atoms with Crippen molar-refractivity contribution in [2.24, 2.45) is 5.41 Å². The van der Waals surface area contributed by atoms with Gasteiger partial charge in [-0.3, -0.25) is 4.79 Å². The van der Waals surface area contributed by atoms with Crippen LogP contribution in [0.1, 0.15) is 29.6 Å². The van der Waals surface area contributed by atoms with Crippen LogP contribution in [0, 0.1) is 5.41 Å². The van der Waals surface area contributed by atoms with E-state index in [0.29, 0.717) is 31.7 Å². The molecule has 0 radical (unpaired) electrons. The summed E-state index contributed by atoms with van der Waals surface area (Å²) < 4.78 is 0. The number of carboxylic acid groups (broad SMARTS) is 2. The standard InChI is InChI=1S/C16H20ClN3O4/c1-19-5-2-3-16(15(23)24)4-6-20(9-12(16)19)13-11(17)7-10(8-18-13)14(21)22/h7-8,12H,2-6,9H2,1H3,(H,21,22)(H,23,24)/t12-,16+/m1/s1. The molecule has 2 aliphatic rings. The van der Waals surface area contributed by atoms with Gasteiger partial charge in [0.05, 0.1) is 16.0 Å². The normalized spacial score (nSPS) is 27.6. The second-order valence-electron chi connectivity index (χ2n) is 6.59. The van der Waals surface area contributed by atoms with Crippen LogP contribution in [0.2, 0.25) is 5.02 Å². The van der Waals surface area contributed by atoms with E-state index in [2.05, 4.69) is 9.88 Å². The Morgan fingerprint density at radius 2 is 2.08 bits per heavy atom. The summed E-state index contributed by atoms with van der Waals surface area (Å²) in [5.74, 6) is -1.30. The lowest BCUT2D eigenvalue weighted by Gasteiger charge is -2.52. The SMILES string of the molecule is CN1CCC[C@]2(C(=O)O)CCN(c3ncc(C(=O)O)cc3Cl)C[C@@H]12. The number of nitrogens with zero attached hydrogens (tertiary/aromatic N) is 3. The van der Waals surface area contributed by atoms with Gasteiger partial charge in [0, 0.05) is 25.3 Å². The third-order valence-electron chi connectivity index (χ3n) is 5.32. The Bertz CT molecular complexity index is 683. The Kier molecular flexibility index (Phi) is 4.40. The highest BCUT2D eigenvalue weighted by Crippen LogP contribution is 2.43. The van der Waals surface area contributed by atoms with E-state index in [-0.39, 0.29) is 16.6 Å². The zero-order chi connectivity index (χ0) is 17.5. The Morgan fingerprint density at radius 3 is 2.71 bits per heavy atom. The number of likely N-dealkylation sites (N-methyl/N-ethyl adjacent to an activating group) is 1. The zero-order valence-electron chi connectivity index (χ0n) is 13.4. The first-order valence-corrected chi connectivity index (χ1v) is 8.30. The summed E-state index contributed by atoms with van der Waals surface area (Å²) in [4.78, 5) is 31.2. The van der Waals surface area contributed by atoms with E-state index < -0.39 is 17.4 Å². The Hall–Kier alpha value is -1.86. The topological polar surface area (TPSA) is 94.0 Å². The molecule has 8 heteroatoms. The number of likely N-dealkylation sites (tertiary alicyclic amines) is 1. The van der Waals surface area contributed by atoms with Crippen molar-refractivity contribution in [3.05, 3.63) is 22.8 Å². The summed E-state index contributed by atoms with van der Waals surface area (Å²) in [7, 11) is 1.95. The van der Waals surface area contributed by atoms with Crippen molar-refractivity contribution in [3.63, 3.8) is 0 Å². The van der Waals surface area contributed by atoms with Crippen molar-refractivity contribution in [1.82, 2.24) is 9.88 Å². The van der Waals surface area contributed by atoms with E-state index in [1.807, 2.05) is 11.9 Å². The van der Waals surface area contributed by atoms with Crippen LogP contribution in [0.3, 0.4) is 0 Å². The van der Waals surface area contributed by atoms with Crippen molar-refractivity contribution < 1.29 is 19.8 Å². The third-order valence-corrected chi connectivity index (χ3v) is 5.60. The van der Waals surface area contributed by atoms with Crippen LogP contribution in [0.15, 0.2) is 12.3 Å². The molecule has 0 unspecified atom stereocenters. The molecule has 130 valence electrons. The van der Waals surface area contributed by atoms with Crippen molar-refractivity contribution in [2.45, 2.75) is 25.3 Å². The van der Waals surface area contributed by atoms with Crippen LogP contribution in [0.4, 0.5) is 5.82 Å². The number of hydrogen-bond donors (Lipinski definition) is 2. The van der Waals surface area contributed by atoms with Gasteiger partial charge in [0.15, 0.2) is 0 Å². The first-order valence-electron chi connectivity index (χ1n) is 7.92. The number of rotatable bonds is 3. The molecule has 24 heavy (non-hydrogen) atoms. The van der Waals surface area contributed by atoms with Crippen molar-refractivity contribution in [1.29, 1.82) is 0 Å². The van der Waals surface area contributed by atoms with E-state index in [0.717, 1.165) is 13.0 Å². The minimum atomic E-state index is -1.08. The van der Waals surface area contributed by atoms with Gasteiger partial charge in [0.25, 0.3) is 0 Å². The highest BCUT2D eigenvalue weighted by Gasteiger charge is 2.52. The molecule has 0 bridgehead atoms. The molecule has 2 aliphatic heterocycles. The van der Waals surface area contributed by atoms with Crippen molar-refractivity contribution in [3.8, 4) is 0 Å². The number of aromatic nitrogens is 1. The van der Waals surface area contributed by atoms with E-state index in [9.17, 15) is 14.7 Å². The molecular formula is C16H20ClN3O4. The minimum absolute atomic E-state index is 0.0374. The Balaban J connectivity index is 1.88. The number of hydrogen-bond acceptors (Lipinski definition) is 5. The van der Waals surface area contributed by atoms with Crippen LogP contribution in [0.5, 0.6) is 0 Å². The number of aromatic carboxylic acids is 1. The van der Waals surface area contributed by atoms with Crippen LogP contribution in [-0.2, 0) is 4.79 Å². The maximum absolute atomic E-state index is 11.9. The zero-order valence-corrected chi connectivity index (χ0v) is 14.2. The summed E-state index contributed by atoms with van der Waals surface area (Å²) in [5, 5.41) is 19.1. The number of anilines is 1. The largest absolute Gasteiger partial charge is 0.481 e. The lowest BCUT2D eigenvalue weighted by atomic mass is 9.68. The van der Waals surface area contributed by atoms with Gasteiger partial charge in [0.1, 0.15) is 5.82 Å². The monoisotopic (exact) mass is 353 g/mol. The molecule has 1 aromatic heterocycles. The molecule has 2 N–H and O–H groups in total. The predicted octanol–water partition coefficient (Wildman–Crippen LogP) is 1.81. The van der Waals surface area contributed by atoms with Gasteiger partial charge >= 0.3 is 11.9 Å². The molecule has 0 aromatic carbocycles. The highest BCUT2D eigenvalue weighted by atomic mass is 35.5. The molecular weight excluding hydrogens is 334 g/mol. The van der Waals surface area contributed by atoms with E-state index in [1.165, 1.54) is 12.3 Å². The van der Waals surface area contributed by atoms with E-state index >= 15 is 0 Å². The summed E-state index contributed by atoms with van der Waals surface area (Å²) in [6, 6.07) is 1.27. The molecule has 0 amide bonds. The van der Waals surface area contributed by atoms with E-state index in [1.54, 1.807) is 0 Å². The Labute approximate surface area is 144 Å². The average Bonchev–Trinajstić information content (AvgIpc) is 2.54. The maximum Gasteiger partial charge on any atom is 0.337 e. The number of halogens is 1. The number of carboxylic acids is 2. The van der Waals surface area contributed by atoms with Crippen LogP contribution in [0.25, 0.3) is 0 Å². The molecule has 0 aliphatic carbocycles. The van der Waals surface area contributed by atoms with Gasteiger partial charge in [0.2, 0.25) is 0 Å². The quantitative estimate of drug-likeness (QED) is 0.855. The first-order chi connectivity index (χ1) is 11.3. The summed E-state index contributed by atoms with van der Waals surface area (Å²) in [6.45, 7) is 1.92. The second kappa shape index (κ2) is 6.22. The fraction of sp³-hybridized carbons (Fsp3) is 0.562. The maximum atomic E-state index is 11.9. The van der Waals surface area contributed by atoms with Gasteiger partial charge < -0.3 is 20.0 Å². The number of fused-ring (bicyclic) bond motifs is 1. The molecule has 0 saturated carbocycles. The molecule has 0 spiro atoms. The second-order valence-corrected chi connectivity index (χ2v) is 7.00. The van der Waals surface area contributed by atoms with Gasteiger partial charge in [-0.2, -0.15) is 0 Å². The van der Waals surface area contributed by atoms with Crippen molar-refractivity contribution >= 4 is 29.4 Å². The molecule has 3 heterocycles. The third kappa shape index (κ3) is 2.71. The fourth-order valence-electron chi connectivity index (χ4n) is 3.96. The molecule has 2 fully saturated rings. The summed E-state index contributed by atoms with van der Waals surface area (Å²) in [6.07, 6.45) is 3.37. The van der Waals surface area contributed by atoms with Gasteiger partial charge in [-0.25, -0.2) is 9.78 Å². The predicted molar refractivity (Wildman–Crippen MR) is 88.8 cm³/mol. The lowest BCUT2D eigenvalue weighted by Crippen LogP contribution is -2.63. The summed E-state index contributed by atoms with van der Waals surface area (Å²) in [5.41, 5.74) is -0.688. The number of carbonyl (C=O) groups is 2. The van der Waals surface area contributed by atoms with Crippen LogP contribution < -0.4 is 4.90 Å². The number of pyridine rings is 1. The fourth-order valence-corrected chi connectivity index (χ4v) is 4.24. The molecule has 2 atom stereocenters. The van der Waals surface area contributed by atoms with Gasteiger partial charge in [-0.05, 0) is 38.9 Å². The van der Waals surface area contributed by atoms with Crippen LogP contribution in [-0.4, -0.2) is 64.8 Å². The summed E-state index contributed by atoms with van der Waals surface area (Å²) >= 11 is 6.22. The smallest absolute Gasteiger partial charge is 0.337 e. The van der Waals surface area contributed by atoms with Crippen molar-refractivity contribution in [2.75, 3.05) is 31.6 Å². The van der Waals surface area contributed by atoms with Crippen LogP contribution >= 0.6 is 11.6 Å². The first kappa shape index (κ1) is 17.0. The highest BCUT2D eigenvalue weighted by molar-refractivity contribution is 6.33. The minimum Gasteiger partial charge on any atom is -0.481 e. The molecule has 3 rings (SSSR count). The average molecular weight is 354 g/mol. The number of aliphatic carboxylic acids is 1. The number of piperidine rings is 2. The van der Waals surface area contributed by atoms with Gasteiger partial charge in [-0.15, -0.1) is 0 Å². The Morgan fingerprint density at radius 1 is 1.33 bits per heavy atom. The van der Waals surface area contributed by atoms with Gasteiger partial charge in [-0.1, -0.05) is 11.6 Å². The molecule has 7 nitrogen and oxygen atoms in total. The van der Waals surface area contributed by atoms with E-state index in [4.69, 9.17) is 16.7 Å². The molecule has 2 saturated heterocycles.